The minimum atomic E-state index is -0.472. The Bertz CT molecular complexity index is 1720. The average Bonchev–Trinajstić information content (AvgIpc) is 3.32. The van der Waals surface area contributed by atoms with Gasteiger partial charge in [0, 0.05) is 51.2 Å². The largest absolute Gasteiger partial charge is 0.377 e. The van der Waals surface area contributed by atoms with Gasteiger partial charge in [-0.2, -0.15) is 0 Å². The maximum Gasteiger partial charge on any atom is 0.282 e. The highest BCUT2D eigenvalue weighted by Gasteiger charge is 2.51. The quantitative estimate of drug-likeness (QED) is 0.0954. The Morgan fingerprint density at radius 2 is 1.64 bits per heavy atom. The van der Waals surface area contributed by atoms with Crippen molar-refractivity contribution in [3.05, 3.63) is 139 Å². The molecule has 4 aromatic carbocycles. The zero-order valence-electron chi connectivity index (χ0n) is 21.9. The van der Waals surface area contributed by atoms with Crippen LogP contribution >= 0.6 is 35.0 Å². The molecular weight excluding hydrogens is 597 g/mol. The molecule has 0 radical (unpaired) electrons. The smallest absolute Gasteiger partial charge is 0.282 e. The summed E-state index contributed by atoms with van der Waals surface area (Å²) in [6.07, 6.45) is 0.573. The Morgan fingerprint density at radius 3 is 2.38 bits per heavy atom. The first-order chi connectivity index (χ1) is 20.2. The Hall–Kier alpha value is -3.92. The topological polar surface area (TPSA) is 115 Å². The predicted molar refractivity (Wildman–Crippen MR) is 164 cm³/mol. The molecule has 5 atom stereocenters. The minimum absolute atomic E-state index is 0.00814. The summed E-state index contributed by atoms with van der Waals surface area (Å²) >= 11 is 15.2. The van der Waals surface area contributed by atoms with Crippen molar-refractivity contribution >= 4 is 57.8 Å². The van der Waals surface area contributed by atoms with Crippen LogP contribution in [-0.2, 0) is 0 Å². The lowest BCUT2D eigenvalue weighted by atomic mass is 9.76. The first kappa shape index (κ1) is 28.2. The van der Waals surface area contributed by atoms with E-state index >= 15 is 0 Å². The van der Waals surface area contributed by atoms with E-state index in [-0.39, 0.29) is 34.2 Å². The molecule has 2 aliphatic rings. The van der Waals surface area contributed by atoms with E-state index in [0.29, 0.717) is 38.7 Å². The van der Waals surface area contributed by atoms with E-state index in [9.17, 15) is 25.0 Å². The molecule has 11 heteroatoms. The first-order valence-electron chi connectivity index (χ1n) is 13.2. The highest BCUT2D eigenvalue weighted by atomic mass is 35.5. The Balaban J connectivity index is 1.48. The Labute approximate surface area is 255 Å². The van der Waals surface area contributed by atoms with E-state index in [1.807, 2.05) is 18.2 Å². The normalized spacial score (nSPS) is 22.5. The number of benzene rings is 4. The molecule has 0 aromatic heterocycles. The number of hydrogen-bond acceptors (Lipinski definition) is 7. The van der Waals surface area contributed by atoms with Crippen molar-refractivity contribution in [2.24, 2.45) is 5.92 Å². The van der Waals surface area contributed by atoms with Crippen molar-refractivity contribution in [2.75, 3.05) is 5.32 Å². The zero-order chi connectivity index (χ0) is 29.5. The number of fused-ring (bicyclic) bond motifs is 3. The monoisotopic (exact) mass is 619 g/mol. The summed E-state index contributed by atoms with van der Waals surface area (Å²) in [4.78, 5) is 36.8. The summed E-state index contributed by atoms with van der Waals surface area (Å²) in [5, 5.41) is 26.6. The standard InChI is InChI=1S/C31H23Cl2N3O5S/c32-19-14-21-27-22(16-26(28(27)33)42-25-12-5-4-11-24(25)36(40)41)29(18-9-6-10-20(13-18)35(38)39)34-30(21)23(15-19)31(37)17-7-2-1-3-8-17/h1-15,22,26-29,34H,16H2/t22-,26+,27+,28-,29-/m1/s1. The van der Waals surface area contributed by atoms with E-state index in [2.05, 4.69) is 5.32 Å². The molecule has 0 bridgehead atoms. The second kappa shape index (κ2) is 11.4. The van der Waals surface area contributed by atoms with Crippen LogP contribution < -0.4 is 5.32 Å². The van der Waals surface area contributed by atoms with Crippen molar-refractivity contribution in [1.82, 2.24) is 0 Å². The Morgan fingerprint density at radius 1 is 0.905 bits per heavy atom. The minimum Gasteiger partial charge on any atom is -0.377 e. The molecule has 0 unspecified atom stereocenters. The lowest BCUT2D eigenvalue weighted by Crippen LogP contribution is -2.32. The van der Waals surface area contributed by atoms with Crippen LogP contribution in [-0.4, -0.2) is 26.3 Å². The van der Waals surface area contributed by atoms with Gasteiger partial charge in [0.15, 0.2) is 5.78 Å². The number of nitrogens with zero attached hydrogens (tertiary/aromatic N) is 2. The lowest BCUT2D eigenvalue weighted by molar-refractivity contribution is -0.387. The van der Waals surface area contributed by atoms with E-state index in [0.717, 1.165) is 5.56 Å². The number of non-ortho nitro benzene ring substituents is 1. The summed E-state index contributed by atoms with van der Waals surface area (Å²) < 4.78 is 0. The third-order valence-corrected chi connectivity index (χ3v) is 10.3. The van der Waals surface area contributed by atoms with Gasteiger partial charge in [0.25, 0.3) is 11.4 Å². The van der Waals surface area contributed by atoms with Crippen LogP contribution in [0.25, 0.3) is 0 Å². The van der Waals surface area contributed by atoms with E-state index < -0.39 is 21.3 Å². The highest BCUT2D eigenvalue weighted by molar-refractivity contribution is 8.00. The van der Waals surface area contributed by atoms with Crippen molar-refractivity contribution in [2.45, 2.75) is 33.9 Å². The highest BCUT2D eigenvalue weighted by Crippen LogP contribution is 2.59. The van der Waals surface area contributed by atoms with Gasteiger partial charge in [-0.15, -0.1) is 23.4 Å². The molecule has 6 rings (SSSR count). The molecule has 0 amide bonds. The number of nitro groups is 2. The number of hydrogen-bond donors (Lipinski definition) is 1. The fraction of sp³-hybridized carbons (Fsp3) is 0.194. The van der Waals surface area contributed by atoms with Crippen molar-refractivity contribution in [3.63, 3.8) is 0 Å². The summed E-state index contributed by atoms with van der Waals surface area (Å²) in [6.45, 7) is 0. The van der Waals surface area contributed by atoms with Gasteiger partial charge in [0.1, 0.15) is 0 Å². The number of nitrogens with one attached hydrogen (secondary N) is 1. The Kier molecular flexibility index (Phi) is 7.66. The maximum atomic E-state index is 13.7. The number of ketones is 1. The molecule has 1 heterocycles. The molecule has 0 spiro atoms. The van der Waals surface area contributed by atoms with E-state index in [1.54, 1.807) is 60.7 Å². The molecule has 4 aromatic rings. The average molecular weight is 621 g/mol. The lowest BCUT2D eigenvalue weighted by Gasteiger charge is -2.39. The van der Waals surface area contributed by atoms with Gasteiger partial charge in [-0.3, -0.25) is 25.0 Å². The number of alkyl halides is 1. The fourth-order valence-electron chi connectivity index (χ4n) is 6.14. The second-order valence-corrected chi connectivity index (χ2v) is 12.6. The van der Waals surface area contributed by atoms with Gasteiger partial charge >= 0.3 is 0 Å². The number of nitro benzene ring substituents is 2. The second-order valence-electron chi connectivity index (χ2n) is 10.3. The maximum absolute atomic E-state index is 13.7. The molecular formula is C31H23Cl2N3O5S. The van der Waals surface area contributed by atoms with Crippen molar-refractivity contribution < 1.29 is 14.6 Å². The van der Waals surface area contributed by atoms with Gasteiger partial charge in [-0.1, -0.05) is 66.2 Å². The number of carbonyl (C=O) groups excluding carboxylic acids is 1. The van der Waals surface area contributed by atoms with Gasteiger partial charge in [0.05, 0.1) is 26.2 Å². The third kappa shape index (κ3) is 5.12. The number of carbonyl (C=O) groups is 1. The number of halogens is 2. The molecule has 1 aliphatic heterocycles. The van der Waals surface area contributed by atoms with Gasteiger partial charge in [0.2, 0.25) is 0 Å². The van der Waals surface area contributed by atoms with Crippen LogP contribution in [0.5, 0.6) is 0 Å². The van der Waals surface area contributed by atoms with Crippen LogP contribution in [0.1, 0.15) is 45.4 Å². The van der Waals surface area contributed by atoms with E-state index in [4.69, 9.17) is 23.2 Å². The molecule has 1 aliphatic carbocycles. The van der Waals surface area contributed by atoms with Crippen LogP contribution in [0, 0.1) is 26.1 Å². The van der Waals surface area contributed by atoms with Crippen molar-refractivity contribution in [3.8, 4) is 0 Å². The van der Waals surface area contributed by atoms with Crippen molar-refractivity contribution in [1.29, 1.82) is 0 Å². The van der Waals surface area contributed by atoms with Gasteiger partial charge < -0.3 is 5.32 Å². The summed E-state index contributed by atoms with van der Waals surface area (Å²) in [6, 6.07) is 24.9. The molecule has 8 nitrogen and oxygen atoms in total. The molecule has 42 heavy (non-hydrogen) atoms. The third-order valence-electron chi connectivity index (χ3n) is 7.95. The van der Waals surface area contributed by atoms with Crippen LogP contribution in [0.4, 0.5) is 17.1 Å². The van der Waals surface area contributed by atoms with Gasteiger partial charge in [-0.05, 0) is 41.7 Å². The van der Waals surface area contributed by atoms with Crippen LogP contribution in [0.2, 0.25) is 5.02 Å². The number of anilines is 1. The van der Waals surface area contributed by atoms with Crippen LogP contribution in [0.15, 0.2) is 95.9 Å². The molecule has 1 N–H and O–H groups in total. The molecule has 1 fully saturated rings. The molecule has 212 valence electrons. The molecule has 1 saturated carbocycles. The molecule has 0 saturated heterocycles. The van der Waals surface area contributed by atoms with E-state index in [1.165, 1.54) is 23.9 Å². The zero-order valence-corrected chi connectivity index (χ0v) is 24.2. The number of para-hydroxylation sites is 1. The van der Waals surface area contributed by atoms with Gasteiger partial charge in [-0.25, -0.2) is 0 Å². The summed E-state index contributed by atoms with van der Waals surface area (Å²) in [7, 11) is 0. The predicted octanol–water partition coefficient (Wildman–Crippen LogP) is 8.43. The number of thioether (sulfide) groups is 1. The SMILES string of the molecule is O=C(c1ccccc1)c1cc(Cl)cc2c1N[C@H](c1cccc([N+](=O)[O-])c1)[C@@H]1C[C@H](Sc3ccccc3[N+](=O)[O-])[C@@H](Cl)[C@@H]21. The summed E-state index contributed by atoms with van der Waals surface area (Å²) in [5.41, 5.74) is 2.92. The first-order valence-corrected chi connectivity index (χ1v) is 14.9. The number of rotatable bonds is 7. The van der Waals surface area contributed by atoms with Crippen LogP contribution in [0.3, 0.4) is 0 Å². The fourth-order valence-corrected chi connectivity index (χ4v) is 8.31. The summed E-state index contributed by atoms with van der Waals surface area (Å²) in [5.74, 6) is -0.637.